The quantitative estimate of drug-likeness (QED) is 0.769. The van der Waals surface area contributed by atoms with Crippen molar-refractivity contribution in [3.05, 3.63) is 41.3 Å². The minimum atomic E-state index is -0.368. The highest BCUT2D eigenvalue weighted by atomic mass is 16.4. The first kappa shape index (κ1) is 10.5. The molecule has 7 heteroatoms. The Bertz CT molecular complexity index is 614. The summed E-state index contributed by atoms with van der Waals surface area (Å²) in [6.07, 6.45) is 0. The number of carbonyl (C=O) groups excluding carboxylic acids is 2. The summed E-state index contributed by atoms with van der Waals surface area (Å²) in [5.74, 6) is -0.609. The van der Waals surface area contributed by atoms with E-state index in [4.69, 9.17) is 10.2 Å². The monoisotopic (exact) mass is 244 g/mol. The molecule has 18 heavy (non-hydrogen) atoms. The highest BCUT2D eigenvalue weighted by Crippen LogP contribution is 2.23. The second kappa shape index (κ2) is 3.66. The summed E-state index contributed by atoms with van der Waals surface area (Å²) in [5.41, 5.74) is 6.05. The number of fused-ring (bicyclic) bond motifs is 1. The van der Waals surface area contributed by atoms with Crippen molar-refractivity contribution in [1.29, 1.82) is 0 Å². The Labute approximate surface area is 101 Å². The molecular weight excluding hydrogens is 236 g/mol. The number of benzene rings is 1. The molecular formula is C11H8N4O3. The molecule has 1 aliphatic heterocycles. The fraction of sp³-hybridized carbons (Fsp3) is 0.0909. The van der Waals surface area contributed by atoms with Gasteiger partial charge in [0, 0.05) is 0 Å². The lowest BCUT2D eigenvalue weighted by atomic mass is 10.1. The van der Waals surface area contributed by atoms with Crippen LogP contribution in [0.1, 0.15) is 26.6 Å². The SMILES string of the molecule is Nc1nnc(CN2C(=O)c3ccccc3C2=O)o1. The average Bonchev–Trinajstić information content (AvgIpc) is 2.88. The molecule has 1 aromatic heterocycles. The predicted octanol–water partition coefficient (Wildman–Crippen LogP) is 0.448. The maximum Gasteiger partial charge on any atom is 0.312 e. The van der Waals surface area contributed by atoms with Gasteiger partial charge in [0.25, 0.3) is 11.8 Å². The lowest BCUT2D eigenvalue weighted by molar-refractivity contribution is 0.0629. The van der Waals surface area contributed by atoms with Crippen molar-refractivity contribution in [3.8, 4) is 0 Å². The predicted molar refractivity (Wildman–Crippen MR) is 59.4 cm³/mol. The molecule has 0 bridgehead atoms. The van der Waals surface area contributed by atoms with Gasteiger partial charge in [-0.15, -0.1) is 5.10 Å². The third-order valence-electron chi connectivity index (χ3n) is 2.65. The summed E-state index contributed by atoms with van der Waals surface area (Å²) in [6, 6.07) is 6.54. The van der Waals surface area contributed by atoms with Crippen LogP contribution in [0.4, 0.5) is 6.01 Å². The third-order valence-corrected chi connectivity index (χ3v) is 2.65. The number of amides is 2. The van der Waals surface area contributed by atoms with Crippen LogP contribution >= 0.6 is 0 Å². The Morgan fingerprint density at radius 2 is 1.72 bits per heavy atom. The standard InChI is InChI=1S/C11H8N4O3/c12-11-14-13-8(18-11)5-15-9(16)6-3-1-2-4-7(6)10(15)17/h1-4H,5H2,(H2,12,14). The smallest absolute Gasteiger partial charge is 0.312 e. The highest BCUT2D eigenvalue weighted by Gasteiger charge is 2.35. The molecule has 0 unspecified atom stereocenters. The van der Waals surface area contributed by atoms with Crippen molar-refractivity contribution in [2.75, 3.05) is 5.73 Å². The second-order valence-electron chi connectivity index (χ2n) is 3.78. The van der Waals surface area contributed by atoms with Gasteiger partial charge in [-0.05, 0) is 12.1 Å². The fourth-order valence-electron chi connectivity index (χ4n) is 1.85. The van der Waals surface area contributed by atoms with Crippen molar-refractivity contribution in [1.82, 2.24) is 15.1 Å². The molecule has 0 aliphatic carbocycles. The Morgan fingerprint density at radius 3 is 2.22 bits per heavy atom. The molecule has 0 saturated carbocycles. The number of hydrogen-bond donors (Lipinski definition) is 1. The Hall–Kier alpha value is -2.70. The molecule has 0 fully saturated rings. The molecule has 2 heterocycles. The van der Waals surface area contributed by atoms with Crippen LogP contribution in [0.5, 0.6) is 0 Å². The first-order valence-electron chi connectivity index (χ1n) is 5.20. The first-order chi connectivity index (χ1) is 8.66. The number of imide groups is 1. The molecule has 1 aromatic carbocycles. The average molecular weight is 244 g/mol. The zero-order chi connectivity index (χ0) is 12.7. The van der Waals surface area contributed by atoms with E-state index < -0.39 is 0 Å². The zero-order valence-electron chi connectivity index (χ0n) is 9.16. The van der Waals surface area contributed by atoms with Crippen LogP contribution in [0.3, 0.4) is 0 Å². The van der Waals surface area contributed by atoms with Crippen LogP contribution in [0.25, 0.3) is 0 Å². The Balaban J connectivity index is 1.92. The van der Waals surface area contributed by atoms with E-state index >= 15 is 0 Å². The first-order valence-corrected chi connectivity index (χ1v) is 5.20. The van der Waals surface area contributed by atoms with Crippen LogP contribution in [0.2, 0.25) is 0 Å². The zero-order valence-corrected chi connectivity index (χ0v) is 9.16. The topological polar surface area (TPSA) is 102 Å². The van der Waals surface area contributed by atoms with Gasteiger partial charge in [-0.1, -0.05) is 17.2 Å². The van der Waals surface area contributed by atoms with Crippen LogP contribution in [0, 0.1) is 0 Å². The summed E-state index contributed by atoms with van der Waals surface area (Å²) in [4.78, 5) is 25.1. The minimum absolute atomic E-state index is 0.0729. The number of anilines is 1. The van der Waals surface area contributed by atoms with Gasteiger partial charge >= 0.3 is 6.01 Å². The molecule has 0 saturated heterocycles. The van der Waals surface area contributed by atoms with E-state index in [-0.39, 0.29) is 30.3 Å². The maximum absolute atomic E-state index is 12.0. The number of hydrogen-bond acceptors (Lipinski definition) is 6. The molecule has 0 radical (unpaired) electrons. The molecule has 2 N–H and O–H groups in total. The minimum Gasteiger partial charge on any atom is -0.406 e. The van der Waals surface area contributed by atoms with Crippen molar-refractivity contribution in [2.45, 2.75) is 6.54 Å². The molecule has 0 spiro atoms. The van der Waals surface area contributed by atoms with Gasteiger partial charge in [0.2, 0.25) is 5.89 Å². The van der Waals surface area contributed by atoms with Gasteiger partial charge in [0.05, 0.1) is 11.1 Å². The number of carbonyl (C=O) groups is 2. The van der Waals surface area contributed by atoms with Gasteiger partial charge in [-0.25, -0.2) is 0 Å². The Morgan fingerprint density at radius 1 is 1.11 bits per heavy atom. The summed E-state index contributed by atoms with van der Waals surface area (Å²) in [5, 5.41) is 7.09. The van der Waals surface area contributed by atoms with Crippen molar-refractivity contribution in [3.63, 3.8) is 0 Å². The second-order valence-corrected chi connectivity index (χ2v) is 3.78. The van der Waals surface area contributed by atoms with Crippen LogP contribution in [-0.4, -0.2) is 26.9 Å². The lowest BCUT2D eigenvalue weighted by Crippen LogP contribution is -2.29. The van der Waals surface area contributed by atoms with E-state index in [0.29, 0.717) is 11.1 Å². The van der Waals surface area contributed by atoms with Crippen molar-refractivity contribution >= 4 is 17.8 Å². The number of nitrogen functional groups attached to an aromatic ring is 1. The number of nitrogens with zero attached hydrogens (tertiary/aromatic N) is 3. The molecule has 7 nitrogen and oxygen atoms in total. The van der Waals surface area contributed by atoms with E-state index in [1.54, 1.807) is 24.3 Å². The van der Waals surface area contributed by atoms with Gasteiger partial charge in [-0.3, -0.25) is 14.5 Å². The third kappa shape index (κ3) is 1.45. The van der Waals surface area contributed by atoms with Gasteiger partial charge in [0.1, 0.15) is 6.54 Å². The van der Waals surface area contributed by atoms with Crippen LogP contribution in [-0.2, 0) is 6.54 Å². The fourth-order valence-corrected chi connectivity index (χ4v) is 1.85. The largest absolute Gasteiger partial charge is 0.406 e. The molecule has 3 rings (SSSR count). The molecule has 90 valence electrons. The molecule has 2 amide bonds. The molecule has 2 aromatic rings. The number of rotatable bonds is 2. The van der Waals surface area contributed by atoms with Crippen molar-refractivity contribution in [2.24, 2.45) is 0 Å². The van der Waals surface area contributed by atoms with Crippen molar-refractivity contribution < 1.29 is 14.0 Å². The van der Waals surface area contributed by atoms with Gasteiger partial charge in [-0.2, -0.15) is 0 Å². The molecule has 0 atom stereocenters. The highest BCUT2D eigenvalue weighted by molar-refractivity contribution is 6.21. The van der Waals surface area contributed by atoms with E-state index in [2.05, 4.69) is 10.2 Å². The van der Waals surface area contributed by atoms with Gasteiger partial charge in [0.15, 0.2) is 0 Å². The number of aromatic nitrogens is 2. The van der Waals surface area contributed by atoms with Gasteiger partial charge < -0.3 is 10.2 Å². The van der Waals surface area contributed by atoms with E-state index in [1.807, 2.05) is 0 Å². The lowest BCUT2D eigenvalue weighted by Gasteiger charge is -2.09. The molecule has 1 aliphatic rings. The van der Waals surface area contributed by atoms with E-state index in [1.165, 1.54) is 0 Å². The van der Waals surface area contributed by atoms with Crippen LogP contribution in [0.15, 0.2) is 28.7 Å². The summed E-state index contributed by atoms with van der Waals surface area (Å²) in [7, 11) is 0. The van der Waals surface area contributed by atoms with E-state index in [9.17, 15) is 9.59 Å². The summed E-state index contributed by atoms with van der Waals surface area (Å²) < 4.78 is 4.95. The summed E-state index contributed by atoms with van der Waals surface area (Å²) >= 11 is 0. The van der Waals surface area contributed by atoms with E-state index in [0.717, 1.165) is 4.90 Å². The van der Waals surface area contributed by atoms with Crippen LogP contribution < -0.4 is 5.73 Å². The Kier molecular flexibility index (Phi) is 2.12. The summed E-state index contributed by atoms with van der Waals surface area (Å²) in [6.45, 7) is -0.0729. The maximum atomic E-state index is 12.0. The number of nitrogens with two attached hydrogens (primary N) is 1. The normalized spacial score (nSPS) is 14.1.